The summed E-state index contributed by atoms with van der Waals surface area (Å²) in [6, 6.07) is 7.06. The summed E-state index contributed by atoms with van der Waals surface area (Å²) < 4.78 is 10.4. The van der Waals surface area contributed by atoms with Crippen molar-refractivity contribution in [3.8, 4) is 5.75 Å². The minimum Gasteiger partial charge on any atom is -0.480 e. The van der Waals surface area contributed by atoms with E-state index in [0.29, 0.717) is 18.0 Å². The lowest BCUT2D eigenvalue weighted by molar-refractivity contribution is -0.146. The number of para-hydroxylation sites is 2. The van der Waals surface area contributed by atoms with Gasteiger partial charge in [0.15, 0.2) is 6.61 Å². The number of carbonyl (C=O) groups is 1. The van der Waals surface area contributed by atoms with Crippen molar-refractivity contribution in [1.29, 1.82) is 0 Å². The molecule has 0 spiro atoms. The second kappa shape index (κ2) is 8.37. The average Bonchev–Trinajstić information content (AvgIpc) is 2.43. The Kier molecular flexibility index (Phi) is 6.74. The van der Waals surface area contributed by atoms with Crippen LogP contribution in [0.1, 0.15) is 13.8 Å². The maximum absolute atomic E-state index is 11.5. The predicted octanol–water partition coefficient (Wildman–Crippen LogP) is 1.53. The minimum absolute atomic E-state index is 0.119. The Labute approximate surface area is 114 Å². The molecule has 1 aromatic rings. The molecule has 0 aromatic heterocycles. The first-order valence-electron chi connectivity index (χ1n) is 6.52. The summed E-state index contributed by atoms with van der Waals surface area (Å²) in [6.07, 6.45) is 0. The summed E-state index contributed by atoms with van der Waals surface area (Å²) in [6.45, 7) is 7.06. The van der Waals surface area contributed by atoms with E-state index in [2.05, 4.69) is 18.7 Å². The highest BCUT2D eigenvalue weighted by Crippen LogP contribution is 2.19. The van der Waals surface area contributed by atoms with Crippen LogP contribution < -0.4 is 10.5 Å². The lowest BCUT2D eigenvalue weighted by Gasteiger charge is -2.17. The molecule has 0 aliphatic heterocycles. The van der Waals surface area contributed by atoms with Gasteiger partial charge >= 0.3 is 5.97 Å². The lowest BCUT2D eigenvalue weighted by Crippen LogP contribution is -2.28. The molecular weight excluding hydrogens is 244 g/mol. The fraction of sp³-hybridized carbons (Fsp3) is 0.500. The van der Waals surface area contributed by atoms with Crippen molar-refractivity contribution in [2.75, 3.05) is 38.6 Å². The van der Waals surface area contributed by atoms with Crippen LogP contribution in [-0.2, 0) is 9.53 Å². The van der Waals surface area contributed by atoms with Crippen molar-refractivity contribution in [2.45, 2.75) is 13.8 Å². The molecule has 2 N–H and O–H groups in total. The zero-order chi connectivity index (χ0) is 14.1. The molecule has 0 amide bonds. The third-order valence-electron chi connectivity index (χ3n) is 2.83. The molecule has 5 nitrogen and oxygen atoms in total. The van der Waals surface area contributed by atoms with Crippen molar-refractivity contribution < 1.29 is 14.3 Å². The number of likely N-dealkylation sites (N-methyl/N-ethyl adjacent to an activating group) is 1. The summed E-state index contributed by atoms with van der Waals surface area (Å²) in [5.41, 5.74) is 6.21. The van der Waals surface area contributed by atoms with Crippen molar-refractivity contribution in [1.82, 2.24) is 4.90 Å². The van der Waals surface area contributed by atoms with E-state index < -0.39 is 0 Å². The Morgan fingerprint density at radius 2 is 1.95 bits per heavy atom. The van der Waals surface area contributed by atoms with Gasteiger partial charge in [-0.15, -0.1) is 0 Å². The number of rotatable bonds is 8. The molecule has 0 heterocycles. The topological polar surface area (TPSA) is 64.8 Å². The van der Waals surface area contributed by atoms with Gasteiger partial charge in [-0.3, -0.25) is 0 Å². The van der Waals surface area contributed by atoms with Crippen LogP contribution in [0.2, 0.25) is 0 Å². The molecule has 106 valence electrons. The van der Waals surface area contributed by atoms with Crippen LogP contribution in [-0.4, -0.2) is 43.7 Å². The molecule has 0 fully saturated rings. The Hall–Kier alpha value is -1.75. The number of hydrogen-bond donors (Lipinski definition) is 1. The number of esters is 1. The molecule has 19 heavy (non-hydrogen) atoms. The number of benzene rings is 1. The van der Waals surface area contributed by atoms with Gasteiger partial charge in [0.25, 0.3) is 0 Å². The Bertz CT molecular complexity index is 392. The van der Waals surface area contributed by atoms with E-state index in [1.165, 1.54) is 0 Å². The molecule has 1 aromatic carbocycles. The molecule has 0 unspecified atom stereocenters. The highest BCUT2D eigenvalue weighted by atomic mass is 16.6. The largest absolute Gasteiger partial charge is 0.480 e. The highest BCUT2D eigenvalue weighted by molar-refractivity contribution is 5.71. The van der Waals surface area contributed by atoms with Crippen LogP contribution in [0.15, 0.2) is 24.3 Å². The summed E-state index contributed by atoms with van der Waals surface area (Å²) >= 11 is 0. The average molecular weight is 266 g/mol. The van der Waals surface area contributed by atoms with Gasteiger partial charge in [0.05, 0.1) is 5.69 Å². The number of carbonyl (C=O) groups excluding carboxylic acids is 1. The zero-order valence-corrected chi connectivity index (χ0v) is 11.6. The SMILES string of the molecule is CCN(CC)CCOC(=O)COc1ccccc1N. The number of hydrogen-bond acceptors (Lipinski definition) is 5. The van der Waals surface area contributed by atoms with Gasteiger partial charge < -0.3 is 20.1 Å². The summed E-state index contributed by atoms with van der Waals surface area (Å²) in [7, 11) is 0. The van der Waals surface area contributed by atoms with E-state index in [1.54, 1.807) is 18.2 Å². The third-order valence-corrected chi connectivity index (χ3v) is 2.83. The van der Waals surface area contributed by atoms with Crippen LogP contribution in [0.4, 0.5) is 5.69 Å². The molecule has 0 bridgehead atoms. The summed E-state index contributed by atoms with van der Waals surface area (Å²) in [5.74, 6) is 0.124. The molecule has 0 radical (unpaired) electrons. The second-order valence-corrected chi connectivity index (χ2v) is 4.07. The lowest BCUT2D eigenvalue weighted by atomic mass is 10.3. The van der Waals surface area contributed by atoms with Crippen molar-refractivity contribution >= 4 is 11.7 Å². The van der Waals surface area contributed by atoms with E-state index in [9.17, 15) is 4.79 Å². The van der Waals surface area contributed by atoms with E-state index >= 15 is 0 Å². The summed E-state index contributed by atoms with van der Waals surface area (Å²) in [5, 5.41) is 0. The maximum atomic E-state index is 11.5. The molecule has 0 saturated heterocycles. The first kappa shape index (κ1) is 15.3. The molecule has 0 aliphatic carbocycles. The van der Waals surface area contributed by atoms with Crippen molar-refractivity contribution in [3.05, 3.63) is 24.3 Å². The van der Waals surface area contributed by atoms with Gasteiger partial charge in [0.2, 0.25) is 0 Å². The quantitative estimate of drug-likeness (QED) is 0.571. The fourth-order valence-electron chi connectivity index (χ4n) is 1.62. The van der Waals surface area contributed by atoms with Crippen LogP contribution in [0.25, 0.3) is 0 Å². The molecule has 0 saturated carbocycles. The standard InChI is InChI=1S/C14H22N2O3/c1-3-16(4-2)9-10-18-14(17)11-19-13-8-6-5-7-12(13)15/h5-8H,3-4,9-11,15H2,1-2H3. The van der Waals surface area contributed by atoms with Crippen LogP contribution in [0.3, 0.4) is 0 Å². The van der Waals surface area contributed by atoms with Crippen LogP contribution in [0, 0.1) is 0 Å². The van der Waals surface area contributed by atoms with Crippen LogP contribution in [0.5, 0.6) is 5.75 Å². The van der Waals surface area contributed by atoms with Gasteiger partial charge in [0, 0.05) is 6.54 Å². The smallest absolute Gasteiger partial charge is 0.344 e. The normalized spacial score (nSPS) is 10.5. The monoisotopic (exact) mass is 266 g/mol. The number of nitrogens with zero attached hydrogens (tertiary/aromatic N) is 1. The molecule has 0 aliphatic rings. The minimum atomic E-state index is -0.379. The van der Waals surface area contributed by atoms with Gasteiger partial charge in [0.1, 0.15) is 12.4 Å². The fourth-order valence-corrected chi connectivity index (χ4v) is 1.62. The van der Waals surface area contributed by atoms with Crippen molar-refractivity contribution in [3.63, 3.8) is 0 Å². The number of anilines is 1. The highest BCUT2D eigenvalue weighted by Gasteiger charge is 2.07. The van der Waals surface area contributed by atoms with Gasteiger partial charge in [-0.05, 0) is 25.2 Å². The van der Waals surface area contributed by atoms with E-state index in [4.69, 9.17) is 15.2 Å². The van der Waals surface area contributed by atoms with Crippen LogP contribution >= 0.6 is 0 Å². The Balaban J connectivity index is 2.23. The maximum Gasteiger partial charge on any atom is 0.344 e. The van der Waals surface area contributed by atoms with E-state index in [1.807, 2.05) is 6.07 Å². The first-order chi connectivity index (χ1) is 9.17. The van der Waals surface area contributed by atoms with Gasteiger partial charge in [-0.1, -0.05) is 26.0 Å². The molecule has 1 rings (SSSR count). The Morgan fingerprint density at radius 1 is 1.26 bits per heavy atom. The summed E-state index contributed by atoms with van der Waals surface area (Å²) in [4.78, 5) is 13.7. The molecule has 0 atom stereocenters. The Morgan fingerprint density at radius 3 is 2.58 bits per heavy atom. The van der Waals surface area contributed by atoms with E-state index in [0.717, 1.165) is 19.6 Å². The van der Waals surface area contributed by atoms with Gasteiger partial charge in [-0.25, -0.2) is 4.79 Å². The third kappa shape index (κ3) is 5.61. The van der Waals surface area contributed by atoms with E-state index in [-0.39, 0.29) is 12.6 Å². The number of nitrogen functional groups attached to an aromatic ring is 1. The predicted molar refractivity (Wildman–Crippen MR) is 75.1 cm³/mol. The molecule has 5 heteroatoms. The first-order valence-corrected chi connectivity index (χ1v) is 6.52. The van der Waals surface area contributed by atoms with Gasteiger partial charge in [-0.2, -0.15) is 0 Å². The number of ether oxygens (including phenoxy) is 2. The number of nitrogens with two attached hydrogens (primary N) is 1. The molecular formula is C14H22N2O3. The zero-order valence-electron chi connectivity index (χ0n) is 11.6. The second-order valence-electron chi connectivity index (χ2n) is 4.07. The van der Waals surface area contributed by atoms with Crippen molar-refractivity contribution in [2.24, 2.45) is 0 Å².